The van der Waals surface area contributed by atoms with E-state index in [0.29, 0.717) is 26.1 Å². The number of amides is 1. The van der Waals surface area contributed by atoms with Crippen LogP contribution >= 0.6 is 0 Å². The Labute approximate surface area is 108 Å². The molecule has 0 spiro atoms. The molecule has 0 unspecified atom stereocenters. The maximum atomic E-state index is 12.0. The van der Waals surface area contributed by atoms with Crippen LogP contribution in [0, 0.1) is 0 Å². The van der Waals surface area contributed by atoms with Crippen LogP contribution in [-0.4, -0.2) is 53.6 Å². The Hall–Kier alpha value is -1.39. The molecule has 1 aromatic carbocycles. The lowest BCUT2D eigenvalue weighted by atomic mass is 10.2. The SMILES string of the molecule is CN(CC(=O)N1CC[C@@H](O)C1)Cc1ccccc1. The summed E-state index contributed by atoms with van der Waals surface area (Å²) in [5.74, 6) is 0.102. The zero-order valence-corrected chi connectivity index (χ0v) is 10.7. The van der Waals surface area contributed by atoms with E-state index in [1.54, 1.807) is 4.90 Å². The molecule has 1 aromatic rings. The van der Waals surface area contributed by atoms with Crippen LogP contribution in [-0.2, 0) is 11.3 Å². The molecular formula is C14H20N2O2. The van der Waals surface area contributed by atoms with Crippen LogP contribution in [0.1, 0.15) is 12.0 Å². The van der Waals surface area contributed by atoms with Crippen molar-refractivity contribution in [2.24, 2.45) is 0 Å². The largest absolute Gasteiger partial charge is 0.391 e. The van der Waals surface area contributed by atoms with Gasteiger partial charge in [-0.25, -0.2) is 0 Å². The third kappa shape index (κ3) is 3.55. The van der Waals surface area contributed by atoms with Crippen LogP contribution in [0.5, 0.6) is 0 Å². The van der Waals surface area contributed by atoms with Crippen molar-refractivity contribution in [2.45, 2.75) is 19.1 Å². The van der Waals surface area contributed by atoms with Crippen molar-refractivity contribution >= 4 is 5.91 Å². The summed E-state index contributed by atoms with van der Waals surface area (Å²) in [7, 11) is 1.94. The van der Waals surface area contributed by atoms with E-state index >= 15 is 0 Å². The highest BCUT2D eigenvalue weighted by Gasteiger charge is 2.24. The van der Waals surface area contributed by atoms with Gasteiger partial charge < -0.3 is 10.0 Å². The fraction of sp³-hybridized carbons (Fsp3) is 0.500. The molecule has 1 saturated heterocycles. The normalized spacial score (nSPS) is 19.5. The summed E-state index contributed by atoms with van der Waals surface area (Å²) >= 11 is 0. The van der Waals surface area contributed by atoms with E-state index < -0.39 is 0 Å². The second-order valence-corrected chi connectivity index (χ2v) is 4.94. The van der Waals surface area contributed by atoms with Crippen molar-refractivity contribution < 1.29 is 9.90 Å². The Bertz CT molecular complexity index is 394. The van der Waals surface area contributed by atoms with Gasteiger partial charge in [-0.3, -0.25) is 9.69 Å². The molecule has 1 N–H and O–H groups in total. The predicted octanol–water partition coefficient (Wildman–Crippen LogP) is 0.712. The molecular weight excluding hydrogens is 228 g/mol. The average molecular weight is 248 g/mol. The molecule has 0 bridgehead atoms. The van der Waals surface area contributed by atoms with Gasteiger partial charge >= 0.3 is 0 Å². The van der Waals surface area contributed by atoms with Crippen molar-refractivity contribution in [1.29, 1.82) is 0 Å². The molecule has 4 heteroatoms. The highest BCUT2D eigenvalue weighted by atomic mass is 16.3. The summed E-state index contributed by atoms with van der Waals surface area (Å²) in [5, 5.41) is 9.41. The zero-order valence-electron chi connectivity index (χ0n) is 10.7. The monoisotopic (exact) mass is 248 g/mol. The highest BCUT2D eigenvalue weighted by Crippen LogP contribution is 2.10. The van der Waals surface area contributed by atoms with E-state index in [1.807, 2.05) is 30.1 Å². The quantitative estimate of drug-likeness (QED) is 0.853. The predicted molar refractivity (Wildman–Crippen MR) is 70.0 cm³/mol. The third-order valence-electron chi connectivity index (χ3n) is 3.22. The van der Waals surface area contributed by atoms with E-state index in [0.717, 1.165) is 6.54 Å². The Morgan fingerprint density at radius 3 is 2.78 bits per heavy atom. The number of carbonyl (C=O) groups is 1. The van der Waals surface area contributed by atoms with Crippen molar-refractivity contribution in [1.82, 2.24) is 9.80 Å². The summed E-state index contributed by atoms with van der Waals surface area (Å²) in [5.41, 5.74) is 1.20. The first-order chi connectivity index (χ1) is 8.65. The van der Waals surface area contributed by atoms with Crippen molar-refractivity contribution in [3.05, 3.63) is 35.9 Å². The molecule has 1 aliphatic rings. The summed E-state index contributed by atoms with van der Waals surface area (Å²) in [4.78, 5) is 15.7. The van der Waals surface area contributed by atoms with Crippen LogP contribution in [0.4, 0.5) is 0 Å². The molecule has 1 aliphatic heterocycles. The first-order valence-corrected chi connectivity index (χ1v) is 6.33. The Kier molecular flexibility index (Phi) is 4.33. The number of rotatable bonds is 4. The van der Waals surface area contributed by atoms with Gasteiger partial charge in [-0.2, -0.15) is 0 Å². The maximum Gasteiger partial charge on any atom is 0.236 e. The number of hydrogen-bond acceptors (Lipinski definition) is 3. The molecule has 2 rings (SSSR count). The molecule has 1 heterocycles. The van der Waals surface area contributed by atoms with Crippen LogP contribution in [0.2, 0.25) is 0 Å². The fourth-order valence-corrected chi connectivity index (χ4v) is 2.25. The molecule has 1 amide bonds. The molecule has 4 nitrogen and oxygen atoms in total. The third-order valence-corrected chi connectivity index (χ3v) is 3.22. The van der Waals surface area contributed by atoms with Gasteiger partial charge in [0.25, 0.3) is 0 Å². The number of benzene rings is 1. The molecule has 98 valence electrons. The van der Waals surface area contributed by atoms with Crippen LogP contribution in [0.3, 0.4) is 0 Å². The molecule has 0 aromatic heterocycles. The van der Waals surface area contributed by atoms with Crippen LogP contribution in [0.15, 0.2) is 30.3 Å². The Morgan fingerprint density at radius 2 is 2.17 bits per heavy atom. The number of likely N-dealkylation sites (tertiary alicyclic amines) is 1. The topological polar surface area (TPSA) is 43.8 Å². The average Bonchev–Trinajstić information content (AvgIpc) is 2.77. The highest BCUT2D eigenvalue weighted by molar-refractivity contribution is 5.78. The number of aliphatic hydroxyl groups excluding tert-OH is 1. The number of carbonyl (C=O) groups excluding carboxylic acids is 1. The van der Waals surface area contributed by atoms with Crippen molar-refractivity contribution in [3.63, 3.8) is 0 Å². The summed E-state index contributed by atoms with van der Waals surface area (Å²) in [6, 6.07) is 10.1. The zero-order chi connectivity index (χ0) is 13.0. The number of β-amino-alcohol motifs (C(OH)–C–C–N with tert-alkyl or cyclic N) is 1. The van der Waals surface area contributed by atoms with Crippen molar-refractivity contribution in [3.8, 4) is 0 Å². The van der Waals surface area contributed by atoms with E-state index in [-0.39, 0.29) is 12.0 Å². The van der Waals surface area contributed by atoms with E-state index in [9.17, 15) is 9.90 Å². The molecule has 0 saturated carbocycles. The van der Waals surface area contributed by atoms with E-state index in [4.69, 9.17) is 0 Å². The minimum absolute atomic E-state index is 0.102. The minimum Gasteiger partial charge on any atom is -0.391 e. The van der Waals surface area contributed by atoms with Crippen LogP contribution < -0.4 is 0 Å². The number of nitrogens with zero attached hydrogens (tertiary/aromatic N) is 2. The van der Waals surface area contributed by atoms with Gasteiger partial charge in [-0.05, 0) is 19.0 Å². The lowest BCUT2D eigenvalue weighted by Gasteiger charge is -2.21. The molecule has 1 fully saturated rings. The smallest absolute Gasteiger partial charge is 0.236 e. The van der Waals surface area contributed by atoms with Gasteiger partial charge in [0.15, 0.2) is 0 Å². The van der Waals surface area contributed by atoms with E-state index in [2.05, 4.69) is 12.1 Å². The molecule has 18 heavy (non-hydrogen) atoms. The second kappa shape index (κ2) is 5.98. The number of likely N-dealkylation sites (N-methyl/N-ethyl adjacent to an activating group) is 1. The number of hydrogen-bond donors (Lipinski definition) is 1. The van der Waals surface area contributed by atoms with Gasteiger partial charge in [0.2, 0.25) is 5.91 Å². The molecule has 1 atom stereocenters. The molecule has 0 radical (unpaired) electrons. The minimum atomic E-state index is -0.339. The Morgan fingerprint density at radius 1 is 1.44 bits per heavy atom. The van der Waals surface area contributed by atoms with Crippen molar-refractivity contribution in [2.75, 3.05) is 26.7 Å². The summed E-state index contributed by atoms with van der Waals surface area (Å²) in [6.45, 7) is 2.34. The second-order valence-electron chi connectivity index (χ2n) is 4.94. The fourth-order valence-electron chi connectivity index (χ4n) is 2.25. The summed E-state index contributed by atoms with van der Waals surface area (Å²) < 4.78 is 0. The summed E-state index contributed by atoms with van der Waals surface area (Å²) in [6.07, 6.45) is 0.363. The van der Waals surface area contributed by atoms with Gasteiger partial charge in [0, 0.05) is 19.6 Å². The van der Waals surface area contributed by atoms with Gasteiger partial charge in [-0.15, -0.1) is 0 Å². The first kappa shape index (κ1) is 13.1. The van der Waals surface area contributed by atoms with Crippen LogP contribution in [0.25, 0.3) is 0 Å². The number of aliphatic hydroxyl groups is 1. The first-order valence-electron chi connectivity index (χ1n) is 6.33. The Balaban J connectivity index is 1.80. The molecule has 0 aliphatic carbocycles. The van der Waals surface area contributed by atoms with Gasteiger partial charge in [0.1, 0.15) is 0 Å². The lowest BCUT2D eigenvalue weighted by Crippen LogP contribution is -2.37. The maximum absolute atomic E-state index is 12.0. The van der Waals surface area contributed by atoms with E-state index in [1.165, 1.54) is 5.56 Å². The lowest BCUT2D eigenvalue weighted by molar-refractivity contribution is -0.131. The van der Waals surface area contributed by atoms with Gasteiger partial charge in [-0.1, -0.05) is 30.3 Å². The standard InChI is InChI=1S/C14H20N2O2/c1-15(9-12-5-3-2-4-6-12)11-14(18)16-8-7-13(17)10-16/h2-6,13,17H,7-11H2,1H3/t13-/m1/s1. The van der Waals surface area contributed by atoms with Gasteiger partial charge in [0.05, 0.1) is 12.6 Å².